The van der Waals surface area contributed by atoms with Gasteiger partial charge in [0.05, 0.1) is 17.8 Å². The lowest BCUT2D eigenvalue weighted by Crippen LogP contribution is -2.08. The number of carbonyl (C=O) groups excluding carboxylic acids is 1. The van der Waals surface area contributed by atoms with Gasteiger partial charge in [-0.1, -0.05) is 36.4 Å². The predicted molar refractivity (Wildman–Crippen MR) is 97.0 cm³/mol. The topological polar surface area (TPSA) is 51.2 Å². The molecule has 1 amide bonds. The van der Waals surface area contributed by atoms with Crippen molar-refractivity contribution in [3.05, 3.63) is 72.4 Å². The molecule has 0 fully saturated rings. The SMILES string of the molecule is CCOc1ccccc1/C=C/C(=O)Nc1cccc2cccnc12. The summed E-state index contributed by atoms with van der Waals surface area (Å²) in [6, 6.07) is 17.2. The van der Waals surface area contributed by atoms with E-state index in [-0.39, 0.29) is 5.91 Å². The van der Waals surface area contributed by atoms with E-state index < -0.39 is 0 Å². The van der Waals surface area contributed by atoms with Gasteiger partial charge in [0.25, 0.3) is 0 Å². The first-order valence-corrected chi connectivity index (χ1v) is 7.82. The van der Waals surface area contributed by atoms with Crippen molar-refractivity contribution in [2.45, 2.75) is 6.92 Å². The Morgan fingerprint density at radius 3 is 2.83 bits per heavy atom. The van der Waals surface area contributed by atoms with Gasteiger partial charge in [-0.05, 0) is 31.2 Å². The number of fused-ring (bicyclic) bond motifs is 1. The number of hydrogen-bond donors (Lipinski definition) is 1. The fraction of sp³-hybridized carbons (Fsp3) is 0.100. The molecule has 3 aromatic rings. The molecule has 24 heavy (non-hydrogen) atoms. The van der Waals surface area contributed by atoms with Gasteiger partial charge < -0.3 is 10.1 Å². The molecule has 0 aliphatic carbocycles. The molecule has 120 valence electrons. The summed E-state index contributed by atoms with van der Waals surface area (Å²) in [4.78, 5) is 16.6. The van der Waals surface area contributed by atoms with Crippen molar-refractivity contribution in [1.82, 2.24) is 4.98 Å². The first-order chi connectivity index (χ1) is 11.8. The summed E-state index contributed by atoms with van der Waals surface area (Å²) < 4.78 is 5.55. The van der Waals surface area contributed by atoms with Crippen molar-refractivity contribution >= 4 is 28.6 Å². The maximum absolute atomic E-state index is 12.2. The quantitative estimate of drug-likeness (QED) is 0.714. The molecule has 0 unspecified atom stereocenters. The van der Waals surface area contributed by atoms with E-state index in [1.165, 1.54) is 6.08 Å². The van der Waals surface area contributed by atoms with Crippen molar-refractivity contribution in [2.75, 3.05) is 11.9 Å². The number of ether oxygens (including phenoxy) is 1. The van der Waals surface area contributed by atoms with Crippen LogP contribution in [0.4, 0.5) is 5.69 Å². The van der Waals surface area contributed by atoms with Crippen molar-refractivity contribution in [2.24, 2.45) is 0 Å². The number of carbonyl (C=O) groups is 1. The molecule has 1 heterocycles. The number of benzene rings is 2. The third-order valence-electron chi connectivity index (χ3n) is 3.52. The molecule has 1 aromatic heterocycles. The van der Waals surface area contributed by atoms with Gasteiger partial charge in [-0.3, -0.25) is 9.78 Å². The van der Waals surface area contributed by atoms with Crippen LogP contribution in [0.25, 0.3) is 17.0 Å². The minimum absolute atomic E-state index is 0.209. The zero-order chi connectivity index (χ0) is 16.8. The molecular weight excluding hydrogens is 300 g/mol. The Bertz CT molecular complexity index is 882. The van der Waals surface area contributed by atoms with Gasteiger partial charge in [0.15, 0.2) is 0 Å². The lowest BCUT2D eigenvalue weighted by atomic mass is 10.1. The largest absolute Gasteiger partial charge is 0.493 e. The van der Waals surface area contributed by atoms with E-state index in [4.69, 9.17) is 4.74 Å². The molecule has 0 radical (unpaired) electrons. The molecule has 3 rings (SSSR count). The van der Waals surface area contributed by atoms with Crippen LogP contribution in [0.15, 0.2) is 66.9 Å². The molecule has 0 saturated heterocycles. The third kappa shape index (κ3) is 3.60. The second-order valence-corrected chi connectivity index (χ2v) is 5.17. The Balaban J connectivity index is 1.78. The Morgan fingerprint density at radius 1 is 1.12 bits per heavy atom. The smallest absolute Gasteiger partial charge is 0.248 e. The Hall–Kier alpha value is -3.14. The van der Waals surface area contributed by atoms with Gasteiger partial charge in [-0.25, -0.2) is 0 Å². The summed E-state index contributed by atoms with van der Waals surface area (Å²) in [6.45, 7) is 2.51. The molecular formula is C20H18N2O2. The van der Waals surface area contributed by atoms with Gasteiger partial charge in [0.2, 0.25) is 5.91 Å². The van der Waals surface area contributed by atoms with Crippen molar-refractivity contribution in [3.8, 4) is 5.75 Å². The van der Waals surface area contributed by atoms with E-state index >= 15 is 0 Å². The summed E-state index contributed by atoms with van der Waals surface area (Å²) >= 11 is 0. The highest BCUT2D eigenvalue weighted by Crippen LogP contribution is 2.21. The number of hydrogen-bond acceptors (Lipinski definition) is 3. The maximum Gasteiger partial charge on any atom is 0.248 e. The summed E-state index contributed by atoms with van der Waals surface area (Å²) in [5.74, 6) is 0.551. The van der Waals surface area contributed by atoms with Gasteiger partial charge in [0, 0.05) is 23.2 Å². The summed E-state index contributed by atoms with van der Waals surface area (Å²) in [5, 5.41) is 3.86. The van der Waals surface area contributed by atoms with Crippen LogP contribution in [0, 0.1) is 0 Å². The molecule has 0 spiro atoms. The van der Waals surface area contributed by atoms with E-state index in [0.717, 1.165) is 22.2 Å². The van der Waals surface area contributed by atoms with Gasteiger partial charge >= 0.3 is 0 Å². The molecule has 2 aromatic carbocycles. The van der Waals surface area contributed by atoms with Crippen LogP contribution in [0.1, 0.15) is 12.5 Å². The van der Waals surface area contributed by atoms with Gasteiger partial charge in [0.1, 0.15) is 5.75 Å². The first-order valence-electron chi connectivity index (χ1n) is 7.82. The standard InChI is InChI=1S/C20H18N2O2/c1-2-24-18-11-4-3-7-15(18)12-13-19(23)22-17-10-5-8-16-9-6-14-21-20(16)17/h3-14H,2H2,1H3,(H,22,23)/b13-12+. The number of anilines is 1. The molecule has 0 aliphatic rings. The van der Waals surface area contributed by atoms with Crippen LogP contribution in [0.2, 0.25) is 0 Å². The highest BCUT2D eigenvalue weighted by atomic mass is 16.5. The van der Waals surface area contributed by atoms with Crippen molar-refractivity contribution in [1.29, 1.82) is 0 Å². The van der Waals surface area contributed by atoms with Crippen molar-refractivity contribution < 1.29 is 9.53 Å². The van der Waals surface area contributed by atoms with E-state index in [0.29, 0.717) is 12.3 Å². The summed E-state index contributed by atoms with van der Waals surface area (Å²) in [6.07, 6.45) is 4.96. The van der Waals surface area contributed by atoms with E-state index in [1.54, 1.807) is 12.3 Å². The zero-order valence-corrected chi connectivity index (χ0v) is 13.4. The first kappa shape index (κ1) is 15.7. The fourth-order valence-electron chi connectivity index (χ4n) is 2.45. The monoisotopic (exact) mass is 318 g/mol. The normalized spacial score (nSPS) is 10.9. The van der Waals surface area contributed by atoms with Crippen LogP contribution in [0.5, 0.6) is 5.75 Å². The maximum atomic E-state index is 12.2. The lowest BCUT2D eigenvalue weighted by molar-refractivity contribution is -0.111. The number of amides is 1. The molecule has 0 aliphatic heterocycles. The highest BCUT2D eigenvalue weighted by molar-refractivity contribution is 6.06. The van der Waals surface area contributed by atoms with E-state index in [1.807, 2.05) is 61.5 Å². The summed E-state index contributed by atoms with van der Waals surface area (Å²) in [5.41, 5.74) is 2.34. The highest BCUT2D eigenvalue weighted by Gasteiger charge is 2.05. The fourth-order valence-corrected chi connectivity index (χ4v) is 2.45. The minimum Gasteiger partial charge on any atom is -0.493 e. The number of nitrogens with zero attached hydrogens (tertiary/aromatic N) is 1. The number of pyridine rings is 1. The average Bonchev–Trinajstić information content (AvgIpc) is 2.62. The van der Waals surface area contributed by atoms with Crippen LogP contribution in [0.3, 0.4) is 0 Å². The molecule has 0 saturated carbocycles. The number of para-hydroxylation sites is 2. The Labute approximate surface area is 140 Å². The molecule has 4 nitrogen and oxygen atoms in total. The van der Waals surface area contributed by atoms with E-state index in [9.17, 15) is 4.79 Å². The number of aromatic nitrogens is 1. The van der Waals surface area contributed by atoms with Crippen LogP contribution in [-0.4, -0.2) is 17.5 Å². The van der Waals surface area contributed by atoms with Gasteiger partial charge in [-0.15, -0.1) is 0 Å². The third-order valence-corrected chi connectivity index (χ3v) is 3.52. The average molecular weight is 318 g/mol. The Kier molecular flexibility index (Phi) is 4.87. The van der Waals surface area contributed by atoms with Gasteiger partial charge in [-0.2, -0.15) is 0 Å². The van der Waals surface area contributed by atoms with Crippen LogP contribution in [-0.2, 0) is 4.79 Å². The Morgan fingerprint density at radius 2 is 1.96 bits per heavy atom. The molecule has 4 heteroatoms. The van der Waals surface area contributed by atoms with Crippen LogP contribution < -0.4 is 10.1 Å². The van der Waals surface area contributed by atoms with E-state index in [2.05, 4.69) is 10.3 Å². The second-order valence-electron chi connectivity index (χ2n) is 5.17. The predicted octanol–water partition coefficient (Wildman–Crippen LogP) is 4.29. The second kappa shape index (κ2) is 7.42. The number of nitrogens with one attached hydrogen (secondary N) is 1. The molecule has 1 N–H and O–H groups in total. The number of rotatable bonds is 5. The lowest BCUT2D eigenvalue weighted by Gasteiger charge is -2.07. The minimum atomic E-state index is -0.209. The van der Waals surface area contributed by atoms with Crippen LogP contribution >= 0.6 is 0 Å². The zero-order valence-electron chi connectivity index (χ0n) is 13.4. The summed E-state index contributed by atoms with van der Waals surface area (Å²) in [7, 11) is 0. The molecule has 0 atom stereocenters. The molecule has 0 bridgehead atoms. The van der Waals surface area contributed by atoms with Crippen molar-refractivity contribution in [3.63, 3.8) is 0 Å².